The van der Waals surface area contributed by atoms with Gasteiger partial charge in [0.2, 0.25) is 11.8 Å². The van der Waals surface area contributed by atoms with E-state index in [0.717, 1.165) is 31.7 Å². The van der Waals surface area contributed by atoms with Crippen molar-refractivity contribution < 1.29 is 9.59 Å². The van der Waals surface area contributed by atoms with Crippen LogP contribution in [0, 0.1) is 29.6 Å². The van der Waals surface area contributed by atoms with Crippen LogP contribution in [0.25, 0.3) is 0 Å². The lowest BCUT2D eigenvalue weighted by Crippen LogP contribution is -2.55. The lowest BCUT2D eigenvalue weighted by molar-refractivity contribution is -0.149. The third kappa shape index (κ3) is 2.68. The summed E-state index contributed by atoms with van der Waals surface area (Å²) in [5.41, 5.74) is 5.74. The van der Waals surface area contributed by atoms with Crippen LogP contribution < -0.4 is 5.73 Å². The van der Waals surface area contributed by atoms with Crippen molar-refractivity contribution >= 4 is 11.8 Å². The van der Waals surface area contributed by atoms with E-state index in [1.165, 1.54) is 44.9 Å². The third-order valence-corrected chi connectivity index (χ3v) is 7.32. The zero-order valence-electron chi connectivity index (χ0n) is 14.1. The summed E-state index contributed by atoms with van der Waals surface area (Å²) in [6.07, 6.45) is 12.0. The number of hydrogen-bond donors (Lipinski definition) is 1. The number of carbonyl (C=O) groups excluding carboxylic acids is 2. The van der Waals surface area contributed by atoms with E-state index in [1.807, 2.05) is 0 Å². The van der Waals surface area contributed by atoms with Gasteiger partial charge in [-0.15, -0.1) is 0 Å². The number of nitrogens with two attached hydrogens (primary N) is 1. The number of piperidine rings is 1. The van der Waals surface area contributed by atoms with Gasteiger partial charge in [0.05, 0.1) is 0 Å². The van der Waals surface area contributed by atoms with Gasteiger partial charge < -0.3 is 10.6 Å². The second kappa shape index (κ2) is 6.10. The second-order valence-corrected chi connectivity index (χ2v) is 8.50. The molecule has 0 aromatic rings. The smallest absolute Gasteiger partial charge is 0.235 e. The molecular formula is C19H30N2O2. The Morgan fingerprint density at radius 3 is 2.39 bits per heavy atom. The molecule has 0 aromatic heterocycles. The minimum atomic E-state index is -0.550. The van der Waals surface area contributed by atoms with Crippen molar-refractivity contribution in [3.05, 3.63) is 0 Å². The van der Waals surface area contributed by atoms with Crippen LogP contribution in [0.5, 0.6) is 0 Å². The van der Waals surface area contributed by atoms with Crippen LogP contribution in [0.1, 0.15) is 64.2 Å². The molecule has 3 aliphatic carbocycles. The third-order valence-electron chi connectivity index (χ3n) is 7.32. The van der Waals surface area contributed by atoms with Crippen molar-refractivity contribution in [2.24, 2.45) is 35.3 Å². The molecule has 4 heteroatoms. The summed E-state index contributed by atoms with van der Waals surface area (Å²) >= 11 is 0. The fourth-order valence-corrected chi connectivity index (χ4v) is 6.30. The largest absolute Gasteiger partial charge is 0.369 e. The predicted octanol–water partition coefficient (Wildman–Crippen LogP) is 2.71. The van der Waals surface area contributed by atoms with Crippen molar-refractivity contribution in [1.29, 1.82) is 0 Å². The summed E-state index contributed by atoms with van der Waals surface area (Å²) in [6.45, 7) is 0.838. The molecule has 2 bridgehead atoms. The summed E-state index contributed by atoms with van der Waals surface area (Å²) in [6, 6.07) is 0.380. The van der Waals surface area contributed by atoms with E-state index in [-0.39, 0.29) is 17.7 Å². The molecule has 4 fully saturated rings. The van der Waals surface area contributed by atoms with Crippen molar-refractivity contribution in [2.75, 3.05) is 6.54 Å². The Kier molecular flexibility index (Phi) is 4.10. The summed E-state index contributed by atoms with van der Waals surface area (Å²) < 4.78 is 0. The van der Waals surface area contributed by atoms with Gasteiger partial charge in [-0.25, -0.2) is 0 Å². The summed E-state index contributed by atoms with van der Waals surface area (Å²) in [4.78, 5) is 27.5. The first-order valence-electron chi connectivity index (χ1n) is 9.75. The minimum absolute atomic E-state index is 0.0756. The average Bonchev–Trinajstić information content (AvgIpc) is 3.17. The number of nitrogens with zero attached hydrogens (tertiary/aromatic N) is 1. The number of hydrogen-bond acceptors (Lipinski definition) is 2. The molecule has 0 radical (unpaired) electrons. The van der Waals surface area contributed by atoms with Crippen molar-refractivity contribution in [1.82, 2.24) is 4.90 Å². The van der Waals surface area contributed by atoms with E-state index in [4.69, 9.17) is 5.73 Å². The maximum absolute atomic E-state index is 13.3. The Labute approximate surface area is 139 Å². The molecule has 0 spiro atoms. The van der Waals surface area contributed by atoms with Crippen LogP contribution >= 0.6 is 0 Å². The van der Waals surface area contributed by atoms with Crippen LogP contribution in [0.4, 0.5) is 0 Å². The Morgan fingerprint density at radius 1 is 0.913 bits per heavy atom. The number of fused-ring (bicyclic) bond motifs is 3. The maximum atomic E-state index is 13.3. The lowest BCUT2D eigenvalue weighted by Gasteiger charge is -2.45. The van der Waals surface area contributed by atoms with Gasteiger partial charge in [0.15, 0.2) is 0 Å². The molecule has 4 rings (SSSR count). The Morgan fingerprint density at radius 2 is 1.70 bits per heavy atom. The summed E-state index contributed by atoms with van der Waals surface area (Å²) in [5.74, 6) is 1.35. The van der Waals surface area contributed by atoms with E-state index in [2.05, 4.69) is 4.90 Å². The van der Waals surface area contributed by atoms with E-state index in [0.29, 0.717) is 17.9 Å². The first kappa shape index (κ1) is 15.5. The van der Waals surface area contributed by atoms with E-state index in [1.54, 1.807) is 0 Å². The molecule has 4 aliphatic rings. The number of rotatable bonds is 3. The van der Waals surface area contributed by atoms with Crippen LogP contribution in [0.3, 0.4) is 0 Å². The lowest BCUT2D eigenvalue weighted by atomic mass is 9.75. The number of carbonyl (C=O) groups is 2. The molecule has 3 saturated carbocycles. The van der Waals surface area contributed by atoms with Gasteiger partial charge in [-0.2, -0.15) is 0 Å². The van der Waals surface area contributed by atoms with Gasteiger partial charge in [0.1, 0.15) is 5.92 Å². The van der Waals surface area contributed by atoms with Crippen molar-refractivity contribution in [2.45, 2.75) is 70.3 Å². The molecule has 0 aromatic carbocycles. The molecule has 128 valence electrons. The van der Waals surface area contributed by atoms with Gasteiger partial charge in [0, 0.05) is 12.6 Å². The van der Waals surface area contributed by atoms with E-state index >= 15 is 0 Å². The number of primary amides is 1. The van der Waals surface area contributed by atoms with E-state index < -0.39 is 5.92 Å². The molecule has 2 N–H and O–H groups in total. The Balaban J connectivity index is 1.54. The van der Waals surface area contributed by atoms with Crippen molar-refractivity contribution in [3.63, 3.8) is 0 Å². The Bertz CT molecular complexity index is 490. The average molecular weight is 318 g/mol. The number of amides is 2. The molecule has 1 aliphatic heterocycles. The van der Waals surface area contributed by atoms with Crippen molar-refractivity contribution in [3.8, 4) is 0 Å². The molecule has 6 atom stereocenters. The highest BCUT2D eigenvalue weighted by atomic mass is 16.2. The standard InChI is InChI=1S/C19H30N2O2/c20-18(22)17(15-11-12-7-8-14(15)10-12)19(23)21-9-3-5-13-4-1-2-6-16(13)21/h12-17H,1-11H2,(H2,20,22). The molecule has 23 heavy (non-hydrogen) atoms. The highest BCUT2D eigenvalue weighted by Gasteiger charge is 2.49. The second-order valence-electron chi connectivity index (χ2n) is 8.50. The normalized spacial score (nSPS) is 40.7. The highest BCUT2D eigenvalue weighted by molar-refractivity contribution is 6.00. The van der Waals surface area contributed by atoms with Gasteiger partial charge in [-0.05, 0) is 68.6 Å². The zero-order valence-corrected chi connectivity index (χ0v) is 14.1. The van der Waals surface area contributed by atoms with E-state index in [9.17, 15) is 9.59 Å². The van der Waals surface area contributed by atoms with Gasteiger partial charge in [-0.1, -0.05) is 19.3 Å². The first-order valence-corrected chi connectivity index (χ1v) is 9.75. The zero-order chi connectivity index (χ0) is 16.0. The highest BCUT2D eigenvalue weighted by Crippen LogP contribution is 2.51. The monoisotopic (exact) mass is 318 g/mol. The SMILES string of the molecule is NC(=O)C(C(=O)N1CCCC2CCCCC21)C1CC2CCC1C2. The molecule has 2 amide bonds. The molecule has 1 heterocycles. The molecule has 6 unspecified atom stereocenters. The quantitative estimate of drug-likeness (QED) is 0.813. The number of likely N-dealkylation sites (tertiary alicyclic amines) is 1. The molecule has 4 nitrogen and oxygen atoms in total. The minimum Gasteiger partial charge on any atom is -0.369 e. The van der Waals surface area contributed by atoms with Gasteiger partial charge >= 0.3 is 0 Å². The van der Waals surface area contributed by atoms with Gasteiger partial charge in [0.25, 0.3) is 0 Å². The van der Waals surface area contributed by atoms with Crippen LogP contribution in [0.15, 0.2) is 0 Å². The molecule has 1 saturated heterocycles. The summed E-state index contributed by atoms with van der Waals surface area (Å²) in [5, 5.41) is 0. The van der Waals surface area contributed by atoms with Crippen LogP contribution in [-0.4, -0.2) is 29.3 Å². The fourth-order valence-electron chi connectivity index (χ4n) is 6.30. The Hall–Kier alpha value is -1.06. The first-order chi connectivity index (χ1) is 11.1. The molecular weight excluding hydrogens is 288 g/mol. The maximum Gasteiger partial charge on any atom is 0.235 e. The van der Waals surface area contributed by atoms with Crippen LogP contribution in [-0.2, 0) is 9.59 Å². The fraction of sp³-hybridized carbons (Fsp3) is 0.895. The predicted molar refractivity (Wildman–Crippen MR) is 88.3 cm³/mol. The topological polar surface area (TPSA) is 63.4 Å². The summed E-state index contributed by atoms with van der Waals surface area (Å²) in [7, 11) is 0. The van der Waals surface area contributed by atoms with Crippen LogP contribution in [0.2, 0.25) is 0 Å². The van der Waals surface area contributed by atoms with Gasteiger partial charge in [-0.3, -0.25) is 9.59 Å².